The molecule has 0 aromatic carbocycles. The van der Waals surface area contributed by atoms with Crippen LogP contribution in [0.15, 0.2) is 29.2 Å². The van der Waals surface area contributed by atoms with E-state index in [-0.39, 0.29) is 23.8 Å². The van der Waals surface area contributed by atoms with Crippen LogP contribution in [0.25, 0.3) is 0 Å². The molecule has 0 saturated heterocycles. The lowest BCUT2D eigenvalue weighted by Crippen LogP contribution is -2.35. The monoisotopic (exact) mass is 305 g/mol. The van der Waals surface area contributed by atoms with Crippen LogP contribution in [-0.4, -0.2) is 40.7 Å². The van der Waals surface area contributed by atoms with Crippen molar-refractivity contribution < 1.29 is 27.9 Å². The lowest BCUT2D eigenvalue weighted by atomic mass is 10.3. The molecule has 1 aromatic heterocycles. The number of rotatable bonds is 8. The van der Waals surface area contributed by atoms with Crippen molar-refractivity contribution in [2.45, 2.75) is 11.5 Å². The summed E-state index contributed by atoms with van der Waals surface area (Å²) in [4.78, 5) is 23.7. The van der Waals surface area contributed by atoms with Crippen molar-refractivity contribution in [2.24, 2.45) is 0 Å². The lowest BCUT2D eigenvalue weighted by Gasteiger charge is -2.17. The van der Waals surface area contributed by atoms with Gasteiger partial charge in [0.1, 0.15) is 12.3 Å². The molecule has 0 radical (unpaired) electrons. The lowest BCUT2D eigenvalue weighted by molar-refractivity contribution is -0.137. The summed E-state index contributed by atoms with van der Waals surface area (Å²) in [6.45, 7) is 2.99. The number of amides is 1. The van der Waals surface area contributed by atoms with E-state index in [1.807, 2.05) is 0 Å². The van der Waals surface area contributed by atoms with Crippen molar-refractivity contribution in [2.75, 3.05) is 13.1 Å². The third-order valence-corrected chi connectivity index (χ3v) is 2.89. The second kappa shape index (κ2) is 7.68. The SMILES string of the molecule is C=CCN(CC(=O)O)C(=O)c1ccc(CSC(F)F)o1. The minimum absolute atomic E-state index is 0.0486. The highest BCUT2D eigenvalue weighted by Crippen LogP contribution is 2.21. The second-order valence-corrected chi connectivity index (χ2v) is 4.68. The van der Waals surface area contributed by atoms with Crippen LogP contribution in [0.2, 0.25) is 0 Å². The molecule has 1 heterocycles. The average molecular weight is 305 g/mol. The Hall–Kier alpha value is -1.83. The van der Waals surface area contributed by atoms with Crippen molar-refractivity contribution in [3.8, 4) is 0 Å². The quantitative estimate of drug-likeness (QED) is 0.747. The summed E-state index contributed by atoms with van der Waals surface area (Å²) in [5.41, 5.74) is 0. The highest BCUT2D eigenvalue weighted by atomic mass is 32.2. The summed E-state index contributed by atoms with van der Waals surface area (Å²) < 4.78 is 29.2. The Morgan fingerprint density at radius 3 is 2.75 bits per heavy atom. The molecule has 5 nitrogen and oxygen atoms in total. The number of aliphatic carboxylic acids is 1. The van der Waals surface area contributed by atoms with E-state index < -0.39 is 24.2 Å². The number of hydrogen-bond acceptors (Lipinski definition) is 4. The zero-order chi connectivity index (χ0) is 15.1. The molecule has 1 rings (SSSR count). The fraction of sp³-hybridized carbons (Fsp3) is 0.333. The Morgan fingerprint density at radius 2 is 2.20 bits per heavy atom. The highest BCUT2D eigenvalue weighted by molar-refractivity contribution is 7.98. The van der Waals surface area contributed by atoms with Gasteiger partial charge in [-0.1, -0.05) is 17.8 Å². The molecule has 1 amide bonds. The minimum Gasteiger partial charge on any atom is -0.480 e. The van der Waals surface area contributed by atoms with E-state index in [9.17, 15) is 18.4 Å². The fourth-order valence-electron chi connectivity index (χ4n) is 1.41. The van der Waals surface area contributed by atoms with Crippen LogP contribution in [-0.2, 0) is 10.5 Å². The van der Waals surface area contributed by atoms with Gasteiger partial charge in [-0.25, -0.2) is 0 Å². The van der Waals surface area contributed by atoms with Gasteiger partial charge in [0, 0.05) is 6.54 Å². The fourth-order valence-corrected chi connectivity index (χ4v) is 1.86. The van der Waals surface area contributed by atoms with E-state index in [1.165, 1.54) is 18.2 Å². The molecule has 1 aromatic rings. The Kier molecular flexibility index (Phi) is 6.23. The van der Waals surface area contributed by atoms with Crippen LogP contribution in [0.3, 0.4) is 0 Å². The van der Waals surface area contributed by atoms with Crippen LogP contribution < -0.4 is 0 Å². The van der Waals surface area contributed by atoms with Crippen LogP contribution >= 0.6 is 11.8 Å². The van der Waals surface area contributed by atoms with Crippen molar-refractivity contribution >= 4 is 23.6 Å². The van der Waals surface area contributed by atoms with Gasteiger partial charge in [-0.3, -0.25) is 9.59 Å². The maximum atomic E-state index is 12.0. The van der Waals surface area contributed by atoms with Crippen molar-refractivity contribution in [3.63, 3.8) is 0 Å². The van der Waals surface area contributed by atoms with E-state index in [4.69, 9.17) is 9.52 Å². The normalized spacial score (nSPS) is 10.6. The maximum Gasteiger partial charge on any atom is 0.323 e. The number of alkyl halides is 2. The molecule has 0 aliphatic rings. The van der Waals surface area contributed by atoms with Gasteiger partial charge >= 0.3 is 5.97 Å². The first kappa shape index (κ1) is 16.2. The molecule has 0 bridgehead atoms. The zero-order valence-electron chi connectivity index (χ0n) is 10.4. The molecular formula is C12H13F2NO4S. The number of halogens is 2. The predicted octanol–water partition coefficient (Wildman–Crippen LogP) is 2.45. The zero-order valence-corrected chi connectivity index (χ0v) is 11.2. The Bertz CT molecular complexity index is 490. The topological polar surface area (TPSA) is 70.8 Å². The predicted molar refractivity (Wildman–Crippen MR) is 69.7 cm³/mol. The Morgan fingerprint density at radius 1 is 1.50 bits per heavy atom. The maximum absolute atomic E-state index is 12.0. The number of carboxylic acids is 1. The summed E-state index contributed by atoms with van der Waals surface area (Å²) in [6, 6.07) is 2.75. The number of thioether (sulfide) groups is 1. The van der Waals surface area contributed by atoms with Gasteiger partial charge < -0.3 is 14.4 Å². The number of carbonyl (C=O) groups is 2. The Balaban J connectivity index is 2.73. The number of carbonyl (C=O) groups excluding carboxylic acids is 1. The third-order valence-electron chi connectivity index (χ3n) is 2.19. The molecule has 0 spiro atoms. The van der Waals surface area contributed by atoms with Gasteiger partial charge in [0.25, 0.3) is 11.7 Å². The first-order valence-corrected chi connectivity index (χ1v) is 6.59. The molecule has 0 aliphatic carbocycles. The smallest absolute Gasteiger partial charge is 0.323 e. The summed E-state index contributed by atoms with van der Waals surface area (Å²) in [7, 11) is 0. The van der Waals surface area contributed by atoms with E-state index in [1.54, 1.807) is 0 Å². The van der Waals surface area contributed by atoms with Gasteiger partial charge in [-0.15, -0.1) is 6.58 Å². The third kappa shape index (κ3) is 5.04. The first-order valence-electron chi connectivity index (χ1n) is 5.54. The summed E-state index contributed by atoms with van der Waals surface area (Å²) >= 11 is 0.376. The van der Waals surface area contributed by atoms with Crippen molar-refractivity contribution in [1.29, 1.82) is 0 Å². The van der Waals surface area contributed by atoms with E-state index >= 15 is 0 Å². The average Bonchev–Trinajstić information content (AvgIpc) is 2.83. The van der Waals surface area contributed by atoms with Gasteiger partial charge in [0.05, 0.1) is 5.75 Å². The number of carboxylic acid groups (broad SMARTS) is 1. The largest absolute Gasteiger partial charge is 0.480 e. The molecular weight excluding hydrogens is 292 g/mol. The van der Waals surface area contributed by atoms with Gasteiger partial charge in [0.15, 0.2) is 5.76 Å². The standard InChI is InChI=1S/C12H13F2NO4S/c1-2-5-15(6-10(16)17)11(18)9-4-3-8(19-9)7-20-12(13)14/h2-4,12H,1,5-7H2,(H,16,17). The van der Waals surface area contributed by atoms with Crippen molar-refractivity contribution in [1.82, 2.24) is 4.90 Å². The molecule has 110 valence electrons. The van der Waals surface area contributed by atoms with Crippen LogP contribution in [0.1, 0.15) is 16.3 Å². The summed E-state index contributed by atoms with van der Waals surface area (Å²) in [5.74, 6) is -4.24. The molecule has 20 heavy (non-hydrogen) atoms. The van der Waals surface area contributed by atoms with Crippen LogP contribution in [0.4, 0.5) is 8.78 Å². The van der Waals surface area contributed by atoms with Crippen LogP contribution in [0, 0.1) is 0 Å². The van der Waals surface area contributed by atoms with Gasteiger partial charge in [-0.05, 0) is 12.1 Å². The van der Waals surface area contributed by atoms with Gasteiger partial charge in [-0.2, -0.15) is 8.78 Å². The number of furan rings is 1. The number of nitrogens with zero attached hydrogens (tertiary/aromatic N) is 1. The van der Waals surface area contributed by atoms with E-state index in [0.29, 0.717) is 11.8 Å². The molecule has 0 atom stereocenters. The Labute approximate surface area is 118 Å². The number of hydrogen-bond donors (Lipinski definition) is 1. The second-order valence-electron chi connectivity index (χ2n) is 3.71. The minimum atomic E-state index is -2.52. The molecule has 0 fully saturated rings. The first-order chi connectivity index (χ1) is 9.43. The van der Waals surface area contributed by atoms with Crippen molar-refractivity contribution in [3.05, 3.63) is 36.3 Å². The summed E-state index contributed by atoms with van der Waals surface area (Å²) in [5, 5.41) is 8.71. The molecule has 8 heteroatoms. The van der Waals surface area contributed by atoms with E-state index in [0.717, 1.165) is 4.90 Å². The summed E-state index contributed by atoms with van der Waals surface area (Å²) in [6.07, 6.45) is 1.39. The molecule has 0 saturated carbocycles. The molecule has 0 aliphatic heterocycles. The highest BCUT2D eigenvalue weighted by Gasteiger charge is 2.20. The van der Waals surface area contributed by atoms with E-state index in [2.05, 4.69) is 6.58 Å². The molecule has 0 unspecified atom stereocenters. The molecule has 1 N–H and O–H groups in total. The van der Waals surface area contributed by atoms with Gasteiger partial charge in [0.2, 0.25) is 0 Å². The van der Waals surface area contributed by atoms with Crippen LogP contribution in [0.5, 0.6) is 0 Å².